The number of H-pyrrole nitrogens is 1. The number of pyridine rings is 1. The zero-order valence-corrected chi connectivity index (χ0v) is 16.0. The number of aromatic nitrogens is 1. The molecule has 1 aromatic heterocycles. The average molecular weight is 415 g/mol. The number of para-hydroxylation sites is 1. The zero-order chi connectivity index (χ0) is 21.8. The molecule has 3 rings (SSSR count). The Kier molecular flexibility index (Phi) is 6.05. The van der Waals surface area contributed by atoms with Gasteiger partial charge in [-0.3, -0.25) is 9.59 Å². The lowest BCUT2D eigenvalue weighted by Gasteiger charge is -2.26. The molecule has 1 aliphatic rings. The third-order valence-electron chi connectivity index (χ3n) is 4.89. The van der Waals surface area contributed by atoms with Crippen LogP contribution in [0, 0.1) is 0 Å². The minimum Gasteiger partial charge on any atom is -0.483 e. The van der Waals surface area contributed by atoms with E-state index >= 15 is 0 Å². The summed E-state index contributed by atoms with van der Waals surface area (Å²) in [5.41, 5.74) is 2.94. The van der Waals surface area contributed by atoms with E-state index in [9.17, 15) is 29.4 Å². The largest absolute Gasteiger partial charge is 0.483 e. The molecule has 1 aromatic carbocycles. The molecule has 1 saturated heterocycles. The number of likely N-dealkylation sites (tertiary alicyclic amines) is 1. The number of nitrogen functional groups attached to an aromatic ring is 1. The van der Waals surface area contributed by atoms with E-state index in [0.29, 0.717) is 13.1 Å². The number of nitrogens with two attached hydrogens (primary N) is 1. The minimum atomic E-state index is -1.62. The van der Waals surface area contributed by atoms with Gasteiger partial charge >= 0.3 is 11.9 Å². The molecule has 0 aliphatic carbocycles. The Balaban J connectivity index is 2.05. The van der Waals surface area contributed by atoms with Crippen LogP contribution in [0.5, 0.6) is 5.75 Å². The molecule has 30 heavy (non-hydrogen) atoms. The summed E-state index contributed by atoms with van der Waals surface area (Å²) in [5, 5.41) is 19.1. The summed E-state index contributed by atoms with van der Waals surface area (Å²) in [6.45, 7) is 0.974. The number of ether oxygens (including phenoxy) is 1. The average Bonchev–Trinajstić information content (AvgIpc) is 2.71. The first-order chi connectivity index (χ1) is 14.3. The predicted octanol–water partition coefficient (Wildman–Crippen LogP) is 1.41. The van der Waals surface area contributed by atoms with Gasteiger partial charge in [0, 0.05) is 24.2 Å². The van der Waals surface area contributed by atoms with Crippen molar-refractivity contribution in [3.05, 3.63) is 45.7 Å². The molecular formula is C20H21N3O7. The van der Waals surface area contributed by atoms with Crippen molar-refractivity contribution in [3.8, 4) is 16.9 Å². The number of aromatic amines is 1. The van der Waals surface area contributed by atoms with Crippen molar-refractivity contribution in [3.63, 3.8) is 0 Å². The van der Waals surface area contributed by atoms with Crippen molar-refractivity contribution in [1.29, 1.82) is 0 Å². The van der Waals surface area contributed by atoms with Gasteiger partial charge in [0.15, 0.2) is 6.61 Å². The minimum absolute atomic E-state index is 0.0385. The third-order valence-corrected chi connectivity index (χ3v) is 4.89. The highest BCUT2D eigenvalue weighted by molar-refractivity contribution is 6.08. The number of carbonyl (C=O) groups excluding carboxylic acids is 1. The fourth-order valence-electron chi connectivity index (χ4n) is 3.49. The molecule has 2 aromatic rings. The van der Waals surface area contributed by atoms with Crippen LogP contribution in [-0.2, 0) is 4.79 Å². The molecule has 158 valence electrons. The summed E-state index contributed by atoms with van der Waals surface area (Å²) in [7, 11) is 0. The van der Waals surface area contributed by atoms with Gasteiger partial charge in [-0.2, -0.15) is 0 Å². The van der Waals surface area contributed by atoms with Crippen LogP contribution in [0.1, 0.15) is 40.0 Å². The summed E-state index contributed by atoms with van der Waals surface area (Å²) >= 11 is 0. The molecule has 0 radical (unpaired) electrons. The van der Waals surface area contributed by atoms with Gasteiger partial charge in [0.1, 0.15) is 22.7 Å². The topological polar surface area (TPSA) is 163 Å². The lowest BCUT2D eigenvalue weighted by molar-refractivity contribution is -0.134. The number of rotatable bonds is 6. The van der Waals surface area contributed by atoms with Crippen LogP contribution in [-0.4, -0.2) is 57.6 Å². The third kappa shape index (κ3) is 4.12. The van der Waals surface area contributed by atoms with Gasteiger partial charge in [0.25, 0.3) is 11.5 Å². The number of benzene rings is 1. The molecule has 0 unspecified atom stereocenters. The van der Waals surface area contributed by atoms with E-state index < -0.39 is 34.4 Å². The number of carboxylic acids is 2. The predicted molar refractivity (Wildman–Crippen MR) is 107 cm³/mol. The highest BCUT2D eigenvalue weighted by Crippen LogP contribution is 2.35. The van der Waals surface area contributed by atoms with Crippen molar-refractivity contribution >= 4 is 23.7 Å². The Bertz CT molecular complexity index is 1050. The Morgan fingerprint density at radius 1 is 1.03 bits per heavy atom. The molecule has 0 saturated carbocycles. The van der Waals surface area contributed by atoms with E-state index in [0.717, 1.165) is 19.3 Å². The first-order valence-electron chi connectivity index (χ1n) is 9.33. The Labute approximate surface area is 170 Å². The lowest BCUT2D eigenvalue weighted by atomic mass is 9.94. The summed E-state index contributed by atoms with van der Waals surface area (Å²) in [6.07, 6.45) is 2.89. The number of carbonyl (C=O) groups is 3. The van der Waals surface area contributed by atoms with E-state index in [1.54, 1.807) is 11.0 Å². The highest BCUT2D eigenvalue weighted by atomic mass is 16.5. The van der Waals surface area contributed by atoms with Crippen molar-refractivity contribution in [2.24, 2.45) is 0 Å². The van der Waals surface area contributed by atoms with E-state index in [2.05, 4.69) is 4.98 Å². The molecule has 1 amide bonds. The van der Waals surface area contributed by atoms with Gasteiger partial charge in [0.05, 0.1) is 0 Å². The van der Waals surface area contributed by atoms with Gasteiger partial charge in [-0.05, 0) is 25.3 Å². The van der Waals surface area contributed by atoms with Crippen LogP contribution in [0.2, 0.25) is 0 Å². The SMILES string of the molecule is Nc1[nH]c(=O)c(C(=O)O)c(-c2ccccc2OCC(=O)N2CCCCC2)c1C(=O)O. The molecule has 2 heterocycles. The molecule has 0 atom stereocenters. The molecule has 0 bridgehead atoms. The van der Waals surface area contributed by atoms with Gasteiger partial charge in [-0.1, -0.05) is 18.2 Å². The number of nitrogens with zero attached hydrogens (tertiary/aromatic N) is 1. The number of amides is 1. The monoisotopic (exact) mass is 415 g/mol. The van der Waals surface area contributed by atoms with Gasteiger partial charge in [-0.15, -0.1) is 0 Å². The number of anilines is 1. The fraction of sp³-hybridized carbons (Fsp3) is 0.300. The Morgan fingerprint density at radius 3 is 2.30 bits per heavy atom. The summed E-state index contributed by atoms with van der Waals surface area (Å²) in [6, 6.07) is 5.99. The lowest BCUT2D eigenvalue weighted by Crippen LogP contribution is -2.38. The quantitative estimate of drug-likeness (QED) is 0.550. The second-order valence-corrected chi connectivity index (χ2v) is 6.83. The first-order valence-corrected chi connectivity index (χ1v) is 9.33. The van der Waals surface area contributed by atoms with Crippen molar-refractivity contribution in [2.75, 3.05) is 25.4 Å². The highest BCUT2D eigenvalue weighted by Gasteiger charge is 2.28. The van der Waals surface area contributed by atoms with Crippen molar-refractivity contribution in [2.45, 2.75) is 19.3 Å². The second kappa shape index (κ2) is 8.68. The maximum Gasteiger partial charge on any atom is 0.342 e. The number of aromatic carboxylic acids is 2. The zero-order valence-electron chi connectivity index (χ0n) is 16.0. The van der Waals surface area contributed by atoms with Crippen molar-refractivity contribution < 1.29 is 29.3 Å². The second-order valence-electron chi connectivity index (χ2n) is 6.83. The van der Waals surface area contributed by atoms with Crippen LogP contribution in [0.4, 0.5) is 5.82 Å². The van der Waals surface area contributed by atoms with E-state index in [4.69, 9.17) is 10.5 Å². The van der Waals surface area contributed by atoms with E-state index in [1.165, 1.54) is 18.2 Å². The maximum absolute atomic E-state index is 12.4. The Hall–Kier alpha value is -3.82. The normalized spacial score (nSPS) is 13.7. The summed E-state index contributed by atoms with van der Waals surface area (Å²) in [5.74, 6) is -3.77. The maximum atomic E-state index is 12.4. The van der Waals surface area contributed by atoms with Crippen LogP contribution < -0.4 is 16.0 Å². The van der Waals surface area contributed by atoms with Crippen LogP contribution in [0.3, 0.4) is 0 Å². The first kappa shape index (κ1) is 20.9. The molecule has 1 fully saturated rings. The molecule has 10 nitrogen and oxygen atoms in total. The number of hydrogen-bond acceptors (Lipinski definition) is 6. The molecular weight excluding hydrogens is 394 g/mol. The summed E-state index contributed by atoms with van der Waals surface area (Å²) in [4.78, 5) is 51.9. The molecule has 5 N–H and O–H groups in total. The number of carboxylic acid groups (broad SMARTS) is 2. The van der Waals surface area contributed by atoms with E-state index in [-0.39, 0.29) is 29.4 Å². The van der Waals surface area contributed by atoms with Crippen LogP contribution in [0.25, 0.3) is 11.1 Å². The smallest absolute Gasteiger partial charge is 0.342 e. The molecule has 0 spiro atoms. The van der Waals surface area contributed by atoms with Gasteiger partial charge in [0.2, 0.25) is 0 Å². The van der Waals surface area contributed by atoms with Gasteiger partial charge in [-0.25, -0.2) is 9.59 Å². The molecule has 1 aliphatic heterocycles. The number of nitrogens with one attached hydrogen (secondary N) is 1. The summed E-state index contributed by atoms with van der Waals surface area (Å²) < 4.78 is 5.63. The Morgan fingerprint density at radius 2 is 1.67 bits per heavy atom. The van der Waals surface area contributed by atoms with Crippen LogP contribution >= 0.6 is 0 Å². The number of hydrogen-bond donors (Lipinski definition) is 4. The fourth-order valence-corrected chi connectivity index (χ4v) is 3.49. The molecule has 10 heteroatoms. The van der Waals surface area contributed by atoms with E-state index in [1.807, 2.05) is 0 Å². The van der Waals surface area contributed by atoms with Gasteiger partial charge < -0.3 is 30.6 Å². The van der Waals surface area contributed by atoms with Crippen molar-refractivity contribution in [1.82, 2.24) is 9.88 Å². The number of piperidine rings is 1. The standard InChI is InChI=1S/C20H21N3O7/c21-17-15(19(26)27)14(16(20(28)29)18(25)22-17)11-6-2-3-7-12(11)30-10-13(24)23-8-4-1-5-9-23/h2-3,6-7H,1,4-5,8-10H2,(H,26,27)(H,28,29)(H3,21,22,25). The van der Waals surface area contributed by atoms with Crippen LogP contribution in [0.15, 0.2) is 29.1 Å².